The van der Waals surface area contributed by atoms with Gasteiger partial charge in [0.25, 0.3) is 5.91 Å². The largest absolute Gasteiger partial charge is 0.329 e. The number of carbonyl (C=O) groups excluding carboxylic acids is 2. The molecule has 0 aliphatic carbocycles. The first kappa shape index (κ1) is 21.0. The van der Waals surface area contributed by atoms with Gasteiger partial charge in [-0.15, -0.1) is 5.10 Å². The van der Waals surface area contributed by atoms with Gasteiger partial charge in [-0.2, -0.15) is 0 Å². The van der Waals surface area contributed by atoms with Crippen molar-refractivity contribution in [2.24, 2.45) is 0 Å². The molecule has 1 aromatic heterocycles. The van der Waals surface area contributed by atoms with Crippen LogP contribution in [0, 0.1) is 17.5 Å². The van der Waals surface area contributed by atoms with Crippen molar-refractivity contribution in [3.63, 3.8) is 0 Å². The van der Waals surface area contributed by atoms with Crippen LogP contribution in [-0.4, -0.2) is 50.0 Å². The van der Waals surface area contributed by atoms with Crippen LogP contribution >= 0.6 is 0 Å². The molecule has 1 N–H and O–H groups in total. The van der Waals surface area contributed by atoms with E-state index in [0.29, 0.717) is 23.7 Å². The Kier molecular flexibility index (Phi) is 6.40. The van der Waals surface area contributed by atoms with Gasteiger partial charge >= 0.3 is 0 Å². The predicted octanol–water partition coefficient (Wildman–Crippen LogP) is 2.57. The molecule has 0 aliphatic heterocycles. The Hall–Kier alpha value is -3.76. The molecule has 0 aliphatic rings. The molecule has 0 bridgehead atoms. The van der Waals surface area contributed by atoms with Crippen LogP contribution in [0.2, 0.25) is 0 Å². The third kappa shape index (κ3) is 4.62. The van der Waals surface area contributed by atoms with Gasteiger partial charge in [0.2, 0.25) is 5.91 Å². The monoisotopic (exact) mass is 418 g/mol. The second-order valence-corrected chi connectivity index (χ2v) is 6.30. The van der Waals surface area contributed by atoms with Crippen LogP contribution in [0.5, 0.6) is 0 Å². The fourth-order valence-corrected chi connectivity index (χ4v) is 2.75. The lowest BCUT2D eigenvalue weighted by atomic mass is 10.1. The number of anilines is 1. The molecular weight excluding hydrogens is 401 g/mol. The first-order chi connectivity index (χ1) is 14.4. The highest BCUT2D eigenvalue weighted by molar-refractivity contribution is 5.99. The van der Waals surface area contributed by atoms with Crippen LogP contribution in [-0.2, 0) is 4.79 Å². The molecule has 2 aromatic carbocycles. The van der Waals surface area contributed by atoms with Crippen molar-refractivity contribution in [3.8, 4) is 5.69 Å². The summed E-state index contributed by atoms with van der Waals surface area (Å²) in [6.45, 7) is 1.67. The van der Waals surface area contributed by atoms with Crippen molar-refractivity contribution in [2.45, 2.75) is 13.3 Å². The fourth-order valence-electron chi connectivity index (χ4n) is 2.75. The standard InChI is InChI=1S/C19H17F3N6O2/c1-2-8-27(10-16(29)24-15-7-6-14(20)17(21)18(15)22)19(30)12-4-3-5-13(9-12)28-11-23-25-26-28/h3-7,9,11H,2,8,10H2,1H3,(H,24,29). The summed E-state index contributed by atoms with van der Waals surface area (Å²) in [7, 11) is 0. The molecule has 0 atom stereocenters. The van der Waals surface area contributed by atoms with E-state index in [0.717, 1.165) is 6.07 Å². The molecular formula is C19H17F3N6O2. The van der Waals surface area contributed by atoms with Gasteiger partial charge in [0.05, 0.1) is 11.4 Å². The Morgan fingerprint density at radius 1 is 1.13 bits per heavy atom. The molecule has 0 saturated heterocycles. The number of rotatable bonds is 7. The van der Waals surface area contributed by atoms with E-state index in [1.807, 2.05) is 6.92 Å². The van der Waals surface area contributed by atoms with Crippen molar-refractivity contribution in [1.29, 1.82) is 0 Å². The number of benzene rings is 2. The number of nitrogens with one attached hydrogen (secondary N) is 1. The van der Waals surface area contributed by atoms with Gasteiger partial charge in [-0.25, -0.2) is 17.9 Å². The van der Waals surface area contributed by atoms with Gasteiger partial charge in [0.15, 0.2) is 17.5 Å². The number of tetrazole rings is 1. The molecule has 1 heterocycles. The molecule has 0 spiro atoms. The molecule has 8 nitrogen and oxygen atoms in total. The molecule has 0 saturated carbocycles. The number of carbonyl (C=O) groups is 2. The van der Waals surface area contributed by atoms with Gasteiger partial charge < -0.3 is 10.2 Å². The minimum absolute atomic E-state index is 0.252. The molecule has 0 radical (unpaired) electrons. The summed E-state index contributed by atoms with van der Waals surface area (Å²) in [6, 6.07) is 8.10. The number of halogens is 3. The highest BCUT2D eigenvalue weighted by Gasteiger charge is 2.21. The second kappa shape index (κ2) is 9.16. The number of aromatic nitrogens is 4. The van der Waals surface area contributed by atoms with Crippen molar-refractivity contribution >= 4 is 17.5 Å². The SMILES string of the molecule is CCCN(CC(=O)Nc1ccc(F)c(F)c1F)C(=O)c1cccc(-n2cnnn2)c1. The van der Waals surface area contributed by atoms with E-state index in [4.69, 9.17) is 0 Å². The fraction of sp³-hybridized carbons (Fsp3) is 0.211. The number of amides is 2. The number of hydrogen-bond acceptors (Lipinski definition) is 5. The molecule has 11 heteroatoms. The summed E-state index contributed by atoms with van der Waals surface area (Å²) >= 11 is 0. The van der Waals surface area contributed by atoms with E-state index in [-0.39, 0.29) is 6.54 Å². The van der Waals surface area contributed by atoms with Crippen LogP contribution in [0.1, 0.15) is 23.7 Å². The lowest BCUT2D eigenvalue weighted by Gasteiger charge is -2.22. The van der Waals surface area contributed by atoms with Crippen LogP contribution in [0.25, 0.3) is 5.69 Å². The van der Waals surface area contributed by atoms with Gasteiger partial charge in [-0.1, -0.05) is 13.0 Å². The van der Waals surface area contributed by atoms with E-state index < -0.39 is 41.5 Å². The van der Waals surface area contributed by atoms with E-state index in [1.54, 1.807) is 24.3 Å². The van der Waals surface area contributed by atoms with E-state index in [9.17, 15) is 22.8 Å². The Bertz CT molecular complexity index is 1060. The highest BCUT2D eigenvalue weighted by atomic mass is 19.2. The zero-order valence-electron chi connectivity index (χ0n) is 15.8. The Labute approximate surface area is 169 Å². The Balaban J connectivity index is 1.75. The maximum absolute atomic E-state index is 13.8. The quantitative estimate of drug-likeness (QED) is 0.596. The Morgan fingerprint density at radius 2 is 1.93 bits per heavy atom. The maximum Gasteiger partial charge on any atom is 0.254 e. The average Bonchev–Trinajstić information content (AvgIpc) is 3.28. The molecule has 0 fully saturated rings. The minimum atomic E-state index is -1.69. The predicted molar refractivity (Wildman–Crippen MR) is 100 cm³/mol. The second-order valence-electron chi connectivity index (χ2n) is 6.30. The Morgan fingerprint density at radius 3 is 2.63 bits per heavy atom. The van der Waals surface area contributed by atoms with Gasteiger partial charge in [0, 0.05) is 12.1 Å². The molecule has 30 heavy (non-hydrogen) atoms. The minimum Gasteiger partial charge on any atom is -0.329 e. The molecule has 3 rings (SSSR count). The van der Waals surface area contributed by atoms with Gasteiger partial charge in [-0.05, 0) is 47.2 Å². The zero-order valence-corrected chi connectivity index (χ0v) is 15.8. The average molecular weight is 418 g/mol. The first-order valence-electron chi connectivity index (χ1n) is 8.96. The van der Waals surface area contributed by atoms with Crippen LogP contribution in [0.15, 0.2) is 42.7 Å². The summed E-state index contributed by atoms with van der Waals surface area (Å²) in [5, 5.41) is 13.0. The van der Waals surface area contributed by atoms with E-state index >= 15 is 0 Å². The molecule has 156 valence electrons. The van der Waals surface area contributed by atoms with Crippen molar-refractivity contribution < 1.29 is 22.8 Å². The van der Waals surface area contributed by atoms with Crippen LogP contribution < -0.4 is 5.32 Å². The van der Waals surface area contributed by atoms with Crippen molar-refractivity contribution in [3.05, 3.63) is 65.7 Å². The van der Waals surface area contributed by atoms with Crippen molar-refractivity contribution in [2.75, 3.05) is 18.4 Å². The summed E-state index contributed by atoms with van der Waals surface area (Å²) in [4.78, 5) is 26.5. The molecule has 0 unspecified atom stereocenters. The topological polar surface area (TPSA) is 93.0 Å². The normalized spacial score (nSPS) is 10.7. The summed E-state index contributed by atoms with van der Waals surface area (Å²) in [5.41, 5.74) is 0.336. The number of nitrogens with zero attached hydrogens (tertiary/aromatic N) is 5. The lowest BCUT2D eigenvalue weighted by molar-refractivity contribution is -0.116. The summed E-state index contributed by atoms with van der Waals surface area (Å²) in [5.74, 6) is -5.75. The van der Waals surface area contributed by atoms with Crippen LogP contribution in [0.3, 0.4) is 0 Å². The third-order valence-electron chi connectivity index (χ3n) is 4.13. The van der Waals surface area contributed by atoms with Crippen LogP contribution in [0.4, 0.5) is 18.9 Å². The third-order valence-corrected chi connectivity index (χ3v) is 4.13. The van der Waals surface area contributed by atoms with E-state index in [1.165, 1.54) is 15.9 Å². The highest BCUT2D eigenvalue weighted by Crippen LogP contribution is 2.20. The van der Waals surface area contributed by atoms with Gasteiger partial charge in [0.1, 0.15) is 12.9 Å². The number of hydrogen-bond donors (Lipinski definition) is 1. The lowest BCUT2D eigenvalue weighted by Crippen LogP contribution is -2.38. The molecule has 3 aromatic rings. The van der Waals surface area contributed by atoms with Crippen molar-refractivity contribution in [1.82, 2.24) is 25.1 Å². The maximum atomic E-state index is 13.8. The zero-order chi connectivity index (χ0) is 21.7. The first-order valence-corrected chi connectivity index (χ1v) is 8.96. The summed E-state index contributed by atoms with van der Waals surface area (Å²) in [6.07, 6.45) is 1.93. The molecule has 2 amide bonds. The van der Waals surface area contributed by atoms with Gasteiger partial charge in [-0.3, -0.25) is 9.59 Å². The smallest absolute Gasteiger partial charge is 0.254 e. The summed E-state index contributed by atoms with van der Waals surface area (Å²) < 4.78 is 41.5. The van der Waals surface area contributed by atoms with E-state index in [2.05, 4.69) is 20.8 Å².